The van der Waals surface area contributed by atoms with E-state index >= 15 is 0 Å². The molecule has 2 aliphatic rings. The lowest BCUT2D eigenvalue weighted by molar-refractivity contribution is -0.133. The molecule has 4 rings (SSSR count). The van der Waals surface area contributed by atoms with Crippen molar-refractivity contribution < 1.29 is 19.1 Å². The second-order valence-corrected chi connectivity index (χ2v) is 6.61. The molecular weight excluding hydrogens is 346 g/mol. The largest absolute Gasteiger partial charge is 0.497 e. The van der Waals surface area contributed by atoms with Gasteiger partial charge >= 0.3 is 11.8 Å². The van der Waals surface area contributed by atoms with Gasteiger partial charge in [-0.15, -0.1) is 0 Å². The third-order valence-corrected chi connectivity index (χ3v) is 4.80. The van der Waals surface area contributed by atoms with E-state index in [1.807, 2.05) is 11.0 Å². The Balaban J connectivity index is 1.49. The van der Waals surface area contributed by atoms with E-state index in [-0.39, 0.29) is 5.91 Å². The van der Waals surface area contributed by atoms with E-state index in [4.69, 9.17) is 4.74 Å². The highest BCUT2D eigenvalue weighted by atomic mass is 16.5. The summed E-state index contributed by atoms with van der Waals surface area (Å²) in [5.41, 5.74) is 3.92. The SMILES string of the molecule is COc1cccc(NC(=O)C(=O)Nc2cc3c4c(c2)CC(=O)N4CCC3)c1. The minimum Gasteiger partial charge on any atom is -0.497 e. The first-order valence-electron chi connectivity index (χ1n) is 8.77. The number of rotatable bonds is 3. The Kier molecular flexibility index (Phi) is 4.27. The summed E-state index contributed by atoms with van der Waals surface area (Å²) in [4.78, 5) is 38.4. The molecule has 0 spiro atoms. The molecule has 0 saturated heterocycles. The summed E-state index contributed by atoms with van der Waals surface area (Å²) in [7, 11) is 1.53. The molecule has 0 radical (unpaired) electrons. The average molecular weight is 365 g/mol. The van der Waals surface area contributed by atoms with Gasteiger partial charge in [0.25, 0.3) is 0 Å². The zero-order chi connectivity index (χ0) is 19.0. The van der Waals surface area contributed by atoms with Crippen LogP contribution >= 0.6 is 0 Å². The Morgan fingerprint density at radius 2 is 1.78 bits per heavy atom. The van der Waals surface area contributed by atoms with E-state index in [0.717, 1.165) is 36.2 Å². The van der Waals surface area contributed by atoms with E-state index in [2.05, 4.69) is 10.6 Å². The summed E-state index contributed by atoms with van der Waals surface area (Å²) in [6.07, 6.45) is 2.08. The van der Waals surface area contributed by atoms with Crippen molar-refractivity contribution >= 4 is 34.8 Å². The predicted octanol–water partition coefficient (Wildman–Crippen LogP) is 2.11. The number of nitrogens with one attached hydrogen (secondary N) is 2. The molecule has 2 aliphatic heterocycles. The van der Waals surface area contributed by atoms with Gasteiger partial charge < -0.3 is 20.3 Å². The first-order chi connectivity index (χ1) is 13.0. The first kappa shape index (κ1) is 17.1. The maximum Gasteiger partial charge on any atom is 0.314 e. The molecule has 7 heteroatoms. The monoisotopic (exact) mass is 365 g/mol. The molecule has 2 N–H and O–H groups in total. The Bertz CT molecular complexity index is 954. The van der Waals surface area contributed by atoms with Gasteiger partial charge in [-0.25, -0.2) is 0 Å². The van der Waals surface area contributed by atoms with Gasteiger partial charge in [0.05, 0.1) is 19.2 Å². The Morgan fingerprint density at radius 3 is 2.56 bits per heavy atom. The van der Waals surface area contributed by atoms with Crippen LogP contribution in [-0.2, 0) is 27.2 Å². The lowest BCUT2D eigenvalue weighted by Crippen LogP contribution is -2.31. The van der Waals surface area contributed by atoms with Gasteiger partial charge in [0.15, 0.2) is 0 Å². The van der Waals surface area contributed by atoms with Crippen LogP contribution in [0.5, 0.6) is 5.75 Å². The van der Waals surface area contributed by atoms with Crippen molar-refractivity contribution in [2.45, 2.75) is 19.3 Å². The fourth-order valence-corrected chi connectivity index (χ4v) is 3.63. The number of methoxy groups -OCH3 is 1. The number of benzene rings is 2. The Hall–Kier alpha value is -3.35. The minimum absolute atomic E-state index is 0.0881. The smallest absolute Gasteiger partial charge is 0.314 e. The van der Waals surface area contributed by atoms with Crippen LogP contribution in [0.15, 0.2) is 36.4 Å². The van der Waals surface area contributed by atoms with Crippen molar-refractivity contribution in [3.05, 3.63) is 47.5 Å². The van der Waals surface area contributed by atoms with Gasteiger partial charge in [-0.3, -0.25) is 14.4 Å². The molecule has 0 unspecified atom stereocenters. The highest BCUT2D eigenvalue weighted by Gasteiger charge is 2.32. The highest BCUT2D eigenvalue weighted by molar-refractivity contribution is 6.43. The zero-order valence-corrected chi connectivity index (χ0v) is 14.9. The van der Waals surface area contributed by atoms with Crippen LogP contribution < -0.4 is 20.3 Å². The maximum absolute atomic E-state index is 12.3. The topological polar surface area (TPSA) is 87.7 Å². The van der Waals surface area contributed by atoms with Gasteiger partial charge in [-0.1, -0.05) is 6.07 Å². The van der Waals surface area contributed by atoms with Gasteiger partial charge in [-0.05, 0) is 48.2 Å². The molecule has 7 nitrogen and oxygen atoms in total. The molecule has 0 saturated carbocycles. The van der Waals surface area contributed by atoms with Crippen molar-refractivity contribution in [1.82, 2.24) is 0 Å². The van der Waals surface area contributed by atoms with E-state index in [1.165, 1.54) is 7.11 Å². The number of hydrogen-bond donors (Lipinski definition) is 2. The van der Waals surface area contributed by atoms with Crippen molar-refractivity contribution in [3.8, 4) is 5.75 Å². The fourth-order valence-electron chi connectivity index (χ4n) is 3.63. The van der Waals surface area contributed by atoms with Crippen LogP contribution in [0, 0.1) is 0 Å². The van der Waals surface area contributed by atoms with Crippen molar-refractivity contribution in [2.24, 2.45) is 0 Å². The normalized spacial score (nSPS) is 14.6. The van der Waals surface area contributed by atoms with E-state index in [1.54, 1.807) is 30.3 Å². The molecule has 0 aromatic heterocycles. The number of nitrogens with zero attached hydrogens (tertiary/aromatic N) is 1. The summed E-state index contributed by atoms with van der Waals surface area (Å²) in [5, 5.41) is 5.19. The minimum atomic E-state index is -0.768. The molecule has 2 aromatic carbocycles. The van der Waals surface area contributed by atoms with Crippen LogP contribution in [0.2, 0.25) is 0 Å². The molecule has 0 aliphatic carbocycles. The van der Waals surface area contributed by atoms with Crippen LogP contribution in [0.3, 0.4) is 0 Å². The van der Waals surface area contributed by atoms with Crippen molar-refractivity contribution in [3.63, 3.8) is 0 Å². The molecule has 0 atom stereocenters. The van der Waals surface area contributed by atoms with Crippen LogP contribution in [-0.4, -0.2) is 31.4 Å². The maximum atomic E-state index is 12.3. The quantitative estimate of drug-likeness (QED) is 0.816. The molecule has 138 valence electrons. The number of carbonyl (C=O) groups is 3. The lowest BCUT2D eigenvalue weighted by atomic mass is 9.99. The van der Waals surface area contributed by atoms with E-state index < -0.39 is 11.8 Å². The molecule has 0 bridgehead atoms. The number of carbonyl (C=O) groups excluding carboxylic acids is 3. The van der Waals surface area contributed by atoms with E-state index in [9.17, 15) is 14.4 Å². The molecule has 27 heavy (non-hydrogen) atoms. The molecule has 3 amide bonds. The third kappa shape index (κ3) is 3.23. The van der Waals surface area contributed by atoms with Crippen LogP contribution in [0.25, 0.3) is 0 Å². The first-order valence-corrected chi connectivity index (χ1v) is 8.77. The highest BCUT2D eigenvalue weighted by Crippen LogP contribution is 2.38. The fraction of sp³-hybridized carbons (Fsp3) is 0.250. The third-order valence-electron chi connectivity index (χ3n) is 4.80. The average Bonchev–Trinajstić information content (AvgIpc) is 2.99. The summed E-state index contributed by atoms with van der Waals surface area (Å²) in [6, 6.07) is 10.4. The van der Waals surface area contributed by atoms with Crippen LogP contribution in [0.4, 0.5) is 17.1 Å². The van der Waals surface area contributed by atoms with Gasteiger partial charge in [0, 0.05) is 24.0 Å². The summed E-state index contributed by atoms with van der Waals surface area (Å²) in [6.45, 7) is 0.744. The standard InChI is InChI=1S/C20H19N3O4/c1-27-16-6-2-5-14(11-16)21-19(25)20(26)22-15-8-12-4-3-7-23-17(24)10-13(9-15)18(12)23/h2,5-6,8-9,11H,3-4,7,10H2,1H3,(H,21,25)(H,22,26). The molecule has 2 aromatic rings. The van der Waals surface area contributed by atoms with Crippen LogP contribution in [0.1, 0.15) is 17.5 Å². The predicted molar refractivity (Wildman–Crippen MR) is 101 cm³/mol. The Morgan fingerprint density at radius 1 is 1.04 bits per heavy atom. The number of anilines is 3. The van der Waals surface area contributed by atoms with Crippen molar-refractivity contribution in [1.29, 1.82) is 0 Å². The van der Waals surface area contributed by atoms with Gasteiger partial charge in [-0.2, -0.15) is 0 Å². The van der Waals surface area contributed by atoms with Gasteiger partial charge in [0.2, 0.25) is 5.91 Å². The lowest BCUT2D eigenvalue weighted by Gasteiger charge is -2.26. The van der Waals surface area contributed by atoms with Crippen molar-refractivity contribution in [2.75, 3.05) is 29.2 Å². The molecular formula is C20H19N3O4. The second-order valence-electron chi connectivity index (χ2n) is 6.61. The second kappa shape index (κ2) is 6.75. The summed E-state index contributed by atoms with van der Waals surface area (Å²) < 4.78 is 5.10. The molecule has 0 fully saturated rings. The number of hydrogen-bond acceptors (Lipinski definition) is 4. The van der Waals surface area contributed by atoms with Gasteiger partial charge in [0.1, 0.15) is 5.75 Å². The number of aryl methyl sites for hydroxylation is 1. The summed E-state index contributed by atoms with van der Waals surface area (Å²) >= 11 is 0. The summed E-state index contributed by atoms with van der Waals surface area (Å²) in [5.74, 6) is -0.859. The Labute approximate surface area is 156 Å². The number of ether oxygens (including phenoxy) is 1. The molecule has 2 heterocycles. The van der Waals surface area contributed by atoms with E-state index in [0.29, 0.717) is 23.5 Å². The zero-order valence-electron chi connectivity index (χ0n) is 14.9. The number of amides is 3.